The molecule has 1 aromatic rings. The van der Waals surface area contributed by atoms with Gasteiger partial charge in [0.25, 0.3) is 0 Å². The van der Waals surface area contributed by atoms with Crippen molar-refractivity contribution in [3.05, 3.63) is 35.4 Å². The Bertz CT molecular complexity index is 652. The van der Waals surface area contributed by atoms with E-state index in [4.69, 9.17) is 41.7 Å². The average Bonchev–Trinajstić information content (AvgIpc) is 2.56. The molecule has 0 fully saturated rings. The van der Waals surface area contributed by atoms with Gasteiger partial charge in [-0.05, 0) is 90.1 Å². The molecule has 1 aromatic carbocycles. The molecule has 174 valence electrons. The molecule has 0 aliphatic heterocycles. The zero-order valence-corrected chi connectivity index (χ0v) is 24.2. The molecule has 30 heavy (non-hydrogen) atoms. The van der Waals surface area contributed by atoms with E-state index in [1.54, 1.807) is 22.8 Å². The van der Waals surface area contributed by atoms with E-state index in [0.29, 0.717) is 0 Å². The predicted molar refractivity (Wildman–Crippen MR) is 142 cm³/mol. The third-order valence-electron chi connectivity index (χ3n) is 3.23. The summed E-state index contributed by atoms with van der Waals surface area (Å²) in [6, 6.07) is 8.35. The molecule has 0 bridgehead atoms. The summed E-state index contributed by atoms with van der Waals surface area (Å²) >= 11 is 14.8. The van der Waals surface area contributed by atoms with Crippen LogP contribution in [-0.2, 0) is 53.2 Å². The van der Waals surface area contributed by atoms with Crippen molar-refractivity contribution < 1.29 is 18.1 Å². The van der Waals surface area contributed by atoms with Crippen molar-refractivity contribution in [2.75, 3.05) is 0 Å². The number of hydrogen-bond donors (Lipinski definition) is 0. The Morgan fingerprint density at radius 1 is 0.633 bits per heavy atom. The van der Waals surface area contributed by atoms with Crippen LogP contribution in [0.25, 0.3) is 0 Å². The van der Waals surface area contributed by atoms with E-state index in [1.165, 1.54) is 11.1 Å². The van der Waals surface area contributed by atoms with Gasteiger partial charge in [0.1, 0.15) is 0 Å². The molecule has 0 radical (unpaired) electrons. The van der Waals surface area contributed by atoms with Crippen LogP contribution >= 0.6 is 34.2 Å². The van der Waals surface area contributed by atoms with Gasteiger partial charge in [0, 0.05) is 11.5 Å². The zero-order chi connectivity index (χ0) is 22.9. The molecule has 0 aromatic heterocycles. The lowest BCUT2D eigenvalue weighted by molar-refractivity contribution is 0.185. The van der Waals surface area contributed by atoms with Crippen molar-refractivity contribution in [1.29, 1.82) is 0 Å². The second-order valence-corrected chi connectivity index (χ2v) is 20.3. The second-order valence-electron chi connectivity index (χ2n) is 7.83. The molecule has 0 spiro atoms. The fraction of sp³-hybridized carbons (Fsp3) is 0.700. The normalized spacial score (nSPS) is 13.2. The lowest BCUT2D eigenvalue weighted by Crippen LogP contribution is -2.06. The van der Waals surface area contributed by atoms with E-state index < -0.39 is 11.4 Å². The van der Waals surface area contributed by atoms with Gasteiger partial charge in [-0.25, -0.2) is 0 Å². The summed E-state index contributed by atoms with van der Waals surface area (Å²) in [5.41, 5.74) is -2.44. The Hall–Kier alpha value is 1.06. The molecule has 0 saturated heterocycles. The monoisotopic (exact) mass is 530 g/mol. The van der Waals surface area contributed by atoms with Crippen molar-refractivity contribution in [1.82, 2.24) is 0 Å². The van der Waals surface area contributed by atoms with Gasteiger partial charge in [-0.1, -0.05) is 47.0 Å². The highest BCUT2D eigenvalue weighted by atomic mass is 32.9. The Kier molecular flexibility index (Phi) is 13.3. The molecule has 1 rings (SSSR count). The Morgan fingerprint density at radius 2 is 0.900 bits per heavy atom. The fourth-order valence-electron chi connectivity index (χ4n) is 2.34. The van der Waals surface area contributed by atoms with E-state index in [9.17, 15) is 0 Å². The summed E-state index contributed by atoms with van der Waals surface area (Å²) in [4.78, 5) is 0. The first-order chi connectivity index (χ1) is 13.8. The maximum atomic E-state index is 6.02. The first kappa shape index (κ1) is 29.1. The maximum Gasteiger partial charge on any atom is 0.248 e. The van der Waals surface area contributed by atoms with Gasteiger partial charge in [-0.3, -0.25) is 0 Å². The lowest BCUT2D eigenvalue weighted by atomic mass is 10.1. The molecular weight excluding hydrogens is 494 g/mol. The van der Waals surface area contributed by atoms with Gasteiger partial charge in [-0.2, -0.15) is 0 Å². The van der Waals surface area contributed by atoms with E-state index in [-0.39, 0.29) is 24.4 Å². The minimum atomic E-state index is -2.43. The highest BCUT2D eigenvalue weighted by molar-refractivity contribution is 8.68. The molecule has 0 heterocycles. The van der Waals surface area contributed by atoms with E-state index >= 15 is 0 Å². The summed E-state index contributed by atoms with van der Waals surface area (Å²) < 4.78 is 24.1. The Morgan fingerprint density at radius 3 is 1.13 bits per heavy atom. The van der Waals surface area contributed by atoms with Crippen LogP contribution in [0.2, 0.25) is 0 Å². The van der Waals surface area contributed by atoms with Crippen LogP contribution in [0.1, 0.15) is 66.5 Å². The molecule has 4 nitrogen and oxygen atoms in total. The van der Waals surface area contributed by atoms with Gasteiger partial charge in [-0.15, -0.1) is 0 Å². The highest BCUT2D eigenvalue weighted by Gasteiger charge is 2.26. The highest BCUT2D eigenvalue weighted by Crippen LogP contribution is 2.65. The van der Waals surface area contributed by atoms with Crippen LogP contribution < -0.4 is 0 Å². The molecule has 0 atom stereocenters. The van der Waals surface area contributed by atoms with Crippen LogP contribution in [-0.4, -0.2) is 24.4 Å². The minimum Gasteiger partial charge on any atom is -0.319 e. The fourth-order valence-corrected chi connectivity index (χ4v) is 13.5. The van der Waals surface area contributed by atoms with E-state index in [0.717, 1.165) is 11.5 Å². The van der Waals surface area contributed by atoms with Crippen LogP contribution in [0.3, 0.4) is 0 Å². The van der Waals surface area contributed by atoms with Crippen molar-refractivity contribution in [3.63, 3.8) is 0 Å². The molecular formula is C20H36O4P2S4. The Labute approximate surface area is 201 Å². The van der Waals surface area contributed by atoms with E-state index in [1.807, 2.05) is 67.5 Å². The van der Waals surface area contributed by atoms with E-state index in [2.05, 4.69) is 12.1 Å². The van der Waals surface area contributed by atoms with Gasteiger partial charge in [0.15, 0.2) is 0 Å². The Balaban J connectivity index is 2.93. The number of hydrogen-bond acceptors (Lipinski definition) is 8. The molecule has 0 unspecified atom stereocenters. The first-order valence-electron chi connectivity index (χ1n) is 10.1. The summed E-state index contributed by atoms with van der Waals surface area (Å²) in [5.74, 6) is 1.46. The van der Waals surface area contributed by atoms with Gasteiger partial charge in [0.05, 0.1) is 24.4 Å². The van der Waals surface area contributed by atoms with Gasteiger partial charge in [0.2, 0.25) is 11.4 Å². The van der Waals surface area contributed by atoms with Crippen LogP contribution in [0.5, 0.6) is 0 Å². The van der Waals surface area contributed by atoms with Crippen LogP contribution in [0.4, 0.5) is 0 Å². The molecule has 0 saturated carbocycles. The van der Waals surface area contributed by atoms with Crippen molar-refractivity contribution >= 4 is 57.8 Å². The minimum absolute atomic E-state index is 0.0277. The smallest absolute Gasteiger partial charge is 0.248 e. The number of rotatable bonds is 14. The van der Waals surface area contributed by atoms with Crippen molar-refractivity contribution in [2.24, 2.45) is 0 Å². The summed E-state index contributed by atoms with van der Waals surface area (Å²) in [6.07, 6.45) is 0.111. The average molecular weight is 531 g/mol. The van der Waals surface area contributed by atoms with Gasteiger partial charge < -0.3 is 18.1 Å². The molecule has 0 amide bonds. The third kappa shape index (κ3) is 11.8. The van der Waals surface area contributed by atoms with Crippen molar-refractivity contribution in [3.8, 4) is 0 Å². The van der Waals surface area contributed by atoms with Crippen LogP contribution in [0.15, 0.2) is 24.3 Å². The van der Waals surface area contributed by atoms with Crippen LogP contribution in [0, 0.1) is 0 Å². The second kappa shape index (κ2) is 13.7. The summed E-state index contributed by atoms with van der Waals surface area (Å²) in [7, 11) is 0. The molecule has 0 N–H and O–H groups in total. The predicted octanol–water partition coefficient (Wildman–Crippen LogP) is 8.30. The zero-order valence-electron chi connectivity index (χ0n) is 19.2. The SMILES string of the molecule is CC(C)OP(=S)(OC(C)C)SCc1ccccc1CSP(=S)(OC(C)C)OC(C)C. The quantitative estimate of drug-likeness (QED) is 0.222. The molecule has 10 heteroatoms. The first-order valence-corrected chi connectivity index (χ1v) is 18.6. The topological polar surface area (TPSA) is 36.9 Å². The lowest BCUT2D eigenvalue weighted by Gasteiger charge is -2.27. The van der Waals surface area contributed by atoms with Gasteiger partial charge >= 0.3 is 0 Å². The largest absolute Gasteiger partial charge is 0.319 e. The maximum absolute atomic E-state index is 6.02. The summed E-state index contributed by atoms with van der Waals surface area (Å²) in [6.45, 7) is 15.9. The third-order valence-corrected chi connectivity index (χ3v) is 14.1. The standard InChI is InChI=1S/C20H36O4P2S4/c1-15(2)21-25(27,22-16(3)4)29-13-19-11-9-10-12-20(19)14-30-26(28,23-17(5)6)24-18(7)8/h9-12,15-18H,13-14H2,1-8H3. The summed E-state index contributed by atoms with van der Waals surface area (Å²) in [5, 5.41) is 0. The molecule has 0 aliphatic rings. The number of benzene rings is 1. The van der Waals surface area contributed by atoms with Crippen molar-refractivity contribution in [2.45, 2.75) is 91.3 Å². The molecule has 0 aliphatic carbocycles.